The molecule has 1 aromatic heterocycles. The molecule has 0 fully saturated rings. The summed E-state index contributed by atoms with van der Waals surface area (Å²) in [6.07, 6.45) is 1.88. The Morgan fingerprint density at radius 3 is 2.11 bits per heavy atom. The summed E-state index contributed by atoms with van der Waals surface area (Å²) in [5.74, 6) is -3.80. The highest BCUT2D eigenvalue weighted by atomic mass is 32.1. The van der Waals surface area contributed by atoms with Crippen LogP contribution in [0.4, 0.5) is 10.8 Å². The molecule has 10 heteroatoms. The van der Waals surface area contributed by atoms with Crippen LogP contribution in [0.15, 0.2) is 64.6 Å². The van der Waals surface area contributed by atoms with Gasteiger partial charge in [-0.1, -0.05) is 42.0 Å². The Labute approximate surface area is 206 Å². The minimum Gasteiger partial charge on any atom is -0.473 e. The van der Waals surface area contributed by atoms with Gasteiger partial charge in [0.05, 0.1) is 17.0 Å². The van der Waals surface area contributed by atoms with Crippen molar-refractivity contribution in [2.45, 2.75) is 13.8 Å². The van der Waals surface area contributed by atoms with E-state index < -0.39 is 11.9 Å². The molecule has 0 aliphatic carbocycles. The summed E-state index contributed by atoms with van der Waals surface area (Å²) in [6, 6.07) is 16.3. The van der Waals surface area contributed by atoms with E-state index >= 15 is 0 Å². The number of amides is 1. The Hall–Kier alpha value is -4.31. The van der Waals surface area contributed by atoms with Crippen LogP contribution in [0.3, 0.4) is 0 Å². The lowest BCUT2D eigenvalue weighted by Gasteiger charge is -2.12. The Balaban J connectivity index is 0.000000509. The zero-order valence-corrected chi connectivity index (χ0v) is 20.4. The predicted molar refractivity (Wildman–Crippen MR) is 137 cm³/mol. The van der Waals surface area contributed by atoms with E-state index in [0.717, 1.165) is 22.5 Å². The van der Waals surface area contributed by atoms with E-state index in [1.54, 1.807) is 0 Å². The van der Waals surface area contributed by atoms with Gasteiger partial charge in [0, 0.05) is 30.7 Å². The highest BCUT2D eigenvalue weighted by Gasteiger charge is 2.30. The fourth-order valence-electron chi connectivity index (χ4n) is 3.07. The van der Waals surface area contributed by atoms with Gasteiger partial charge in [0.1, 0.15) is 0 Å². The fraction of sp³-hybridized carbons (Fsp3) is 0.160. The van der Waals surface area contributed by atoms with E-state index in [4.69, 9.17) is 19.8 Å². The first kappa shape index (κ1) is 25.3. The van der Waals surface area contributed by atoms with Crippen LogP contribution < -0.4 is 9.91 Å². The van der Waals surface area contributed by atoms with E-state index in [0.29, 0.717) is 16.4 Å². The third-order valence-corrected chi connectivity index (χ3v) is 5.80. The van der Waals surface area contributed by atoms with Crippen LogP contribution in [0, 0.1) is 6.92 Å². The van der Waals surface area contributed by atoms with Crippen molar-refractivity contribution in [2.75, 3.05) is 24.0 Å². The van der Waals surface area contributed by atoms with Crippen molar-refractivity contribution in [3.8, 4) is 11.3 Å². The second-order valence-electron chi connectivity index (χ2n) is 7.84. The average Bonchev–Trinajstić information content (AvgIpc) is 3.41. The molecule has 0 bridgehead atoms. The number of rotatable bonds is 4. The molecule has 9 nitrogen and oxygen atoms in total. The summed E-state index contributed by atoms with van der Waals surface area (Å²) in [6.45, 7) is 3.91. The van der Waals surface area contributed by atoms with Gasteiger partial charge in [-0.2, -0.15) is 10.1 Å². The number of anilines is 2. The maximum Gasteiger partial charge on any atom is 0.414 e. The third kappa shape index (κ3) is 6.18. The molecular formula is C25H24N4O5S. The lowest BCUT2D eigenvalue weighted by Crippen LogP contribution is -2.21. The van der Waals surface area contributed by atoms with Crippen LogP contribution >= 0.6 is 11.3 Å². The van der Waals surface area contributed by atoms with Gasteiger partial charge in [-0.3, -0.25) is 4.79 Å². The molecule has 2 N–H and O–H groups in total. The molecule has 180 valence electrons. The van der Waals surface area contributed by atoms with Crippen molar-refractivity contribution in [3.63, 3.8) is 0 Å². The lowest BCUT2D eigenvalue weighted by atomic mass is 10.1. The number of carboxylic acid groups (broad SMARTS) is 2. The minimum atomic E-state index is -1.82. The Bertz CT molecular complexity index is 1300. The monoisotopic (exact) mass is 492 g/mol. The van der Waals surface area contributed by atoms with Crippen molar-refractivity contribution in [2.24, 2.45) is 5.10 Å². The molecule has 4 rings (SSSR count). The molecule has 35 heavy (non-hydrogen) atoms. The number of hydrazone groups is 1. The largest absolute Gasteiger partial charge is 0.473 e. The van der Waals surface area contributed by atoms with Gasteiger partial charge in [-0.05, 0) is 37.6 Å². The number of carboxylic acids is 2. The van der Waals surface area contributed by atoms with E-state index in [1.807, 2.05) is 73.8 Å². The van der Waals surface area contributed by atoms with E-state index in [-0.39, 0.29) is 5.91 Å². The second-order valence-corrected chi connectivity index (χ2v) is 8.67. The number of hydrogen-bond acceptors (Lipinski definition) is 7. The number of aromatic nitrogens is 1. The van der Waals surface area contributed by atoms with Crippen molar-refractivity contribution < 1.29 is 24.6 Å². The van der Waals surface area contributed by atoms with Crippen LogP contribution in [-0.4, -0.2) is 52.8 Å². The maximum atomic E-state index is 13.0. The van der Waals surface area contributed by atoms with Crippen LogP contribution in [0.1, 0.15) is 18.1 Å². The molecule has 3 aromatic rings. The molecule has 1 aliphatic rings. The third-order valence-electron chi connectivity index (χ3n) is 4.99. The number of hydrogen-bond donors (Lipinski definition) is 2. The summed E-state index contributed by atoms with van der Waals surface area (Å²) in [5, 5.41) is 23.2. The second kappa shape index (κ2) is 10.7. The quantitative estimate of drug-likeness (QED) is 0.414. The summed E-state index contributed by atoms with van der Waals surface area (Å²) in [5.41, 5.74) is 6.45. The van der Waals surface area contributed by atoms with Crippen molar-refractivity contribution >= 4 is 51.8 Å². The molecule has 0 atom stereocenters. The molecule has 2 aromatic carbocycles. The van der Waals surface area contributed by atoms with Gasteiger partial charge in [0.2, 0.25) is 5.13 Å². The summed E-state index contributed by atoms with van der Waals surface area (Å²) < 4.78 is 0. The van der Waals surface area contributed by atoms with Crippen molar-refractivity contribution in [1.82, 2.24) is 4.98 Å². The standard InChI is InChI=1S/C23H22N4OS.C2H2O4/c1-15-5-9-18(10-6-15)21-14-29-23(24-21)27-22(28)20(16(2)25-27)13-17-7-11-19(12-8-17)26(3)4;3-1(4)2(5)6/h5-14H,1-4H3;(H,3,4)(H,5,6)/b20-13-;. The molecule has 1 aliphatic heterocycles. The van der Waals surface area contributed by atoms with Gasteiger partial charge < -0.3 is 15.1 Å². The Morgan fingerprint density at radius 2 is 1.57 bits per heavy atom. The minimum absolute atomic E-state index is 0.149. The summed E-state index contributed by atoms with van der Waals surface area (Å²) in [7, 11) is 4.00. The summed E-state index contributed by atoms with van der Waals surface area (Å²) in [4.78, 5) is 37.9. The van der Waals surface area contributed by atoms with Gasteiger partial charge in [0.15, 0.2) is 0 Å². The SMILES string of the molecule is CC1=NN(c2nc(-c3ccc(C)cc3)cs2)C(=O)/C1=C\c1ccc(N(C)C)cc1.O=C(O)C(=O)O. The Kier molecular flexibility index (Phi) is 7.77. The summed E-state index contributed by atoms with van der Waals surface area (Å²) >= 11 is 1.42. The number of carbonyl (C=O) groups is 3. The van der Waals surface area contributed by atoms with Crippen molar-refractivity contribution in [3.05, 3.63) is 70.6 Å². The molecule has 1 amide bonds. The highest BCUT2D eigenvalue weighted by Crippen LogP contribution is 2.31. The number of aryl methyl sites for hydroxylation is 1. The van der Waals surface area contributed by atoms with Crippen LogP contribution in [-0.2, 0) is 14.4 Å². The normalized spacial score (nSPS) is 13.8. The molecular weight excluding hydrogens is 468 g/mol. The van der Waals surface area contributed by atoms with E-state index in [2.05, 4.69) is 29.1 Å². The van der Waals surface area contributed by atoms with Gasteiger partial charge in [-0.15, -0.1) is 11.3 Å². The first-order valence-electron chi connectivity index (χ1n) is 10.4. The van der Waals surface area contributed by atoms with Gasteiger partial charge >= 0.3 is 11.9 Å². The van der Waals surface area contributed by atoms with Gasteiger partial charge in [-0.25, -0.2) is 14.6 Å². The molecule has 0 radical (unpaired) electrons. The molecule has 0 spiro atoms. The number of benzene rings is 2. The average molecular weight is 493 g/mol. The first-order valence-corrected chi connectivity index (χ1v) is 11.3. The number of carbonyl (C=O) groups excluding carboxylic acids is 1. The molecule has 0 saturated heterocycles. The molecule has 0 saturated carbocycles. The van der Waals surface area contributed by atoms with Crippen LogP contribution in [0.5, 0.6) is 0 Å². The topological polar surface area (TPSA) is 123 Å². The van der Waals surface area contributed by atoms with E-state index in [1.165, 1.54) is 21.9 Å². The zero-order chi connectivity index (χ0) is 25.7. The predicted octanol–water partition coefficient (Wildman–Crippen LogP) is 4.15. The Morgan fingerprint density at radius 1 is 0.971 bits per heavy atom. The smallest absolute Gasteiger partial charge is 0.414 e. The number of thiazole rings is 1. The van der Waals surface area contributed by atoms with Crippen LogP contribution in [0.25, 0.3) is 17.3 Å². The van der Waals surface area contributed by atoms with Crippen LogP contribution in [0.2, 0.25) is 0 Å². The number of aliphatic carboxylic acids is 2. The van der Waals surface area contributed by atoms with E-state index in [9.17, 15) is 4.79 Å². The molecule has 2 heterocycles. The lowest BCUT2D eigenvalue weighted by molar-refractivity contribution is -0.159. The highest BCUT2D eigenvalue weighted by molar-refractivity contribution is 7.14. The van der Waals surface area contributed by atoms with Gasteiger partial charge in [0.25, 0.3) is 5.91 Å². The maximum absolute atomic E-state index is 13.0. The van der Waals surface area contributed by atoms with Crippen molar-refractivity contribution in [1.29, 1.82) is 0 Å². The first-order chi connectivity index (χ1) is 16.6. The number of nitrogens with zero attached hydrogens (tertiary/aromatic N) is 4. The zero-order valence-electron chi connectivity index (χ0n) is 19.6. The fourth-order valence-corrected chi connectivity index (χ4v) is 3.85. The molecule has 0 unspecified atom stereocenters.